The van der Waals surface area contributed by atoms with E-state index in [0.29, 0.717) is 12.2 Å². The number of halogens is 1. The van der Waals surface area contributed by atoms with E-state index < -0.39 is 0 Å². The largest absolute Gasteiger partial charge is 0.292 e. The summed E-state index contributed by atoms with van der Waals surface area (Å²) in [4.78, 5) is 17.0. The Labute approximate surface area is 146 Å². The maximum atomic E-state index is 12.9. The van der Waals surface area contributed by atoms with Crippen molar-refractivity contribution in [2.45, 2.75) is 6.42 Å². The van der Waals surface area contributed by atoms with Gasteiger partial charge in [-0.1, -0.05) is 0 Å². The van der Waals surface area contributed by atoms with Gasteiger partial charge in [0.15, 0.2) is 5.69 Å². The highest BCUT2D eigenvalue weighted by atomic mass is 127. The molecular formula is C16H14IN5O. The van der Waals surface area contributed by atoms with Gasteiger partial charge in [0.1, 0.15) is 0 Å². The van der Waals surface area contributed by atoms with Gasteiger partial charge < -0.3 is 0 Å². The fourth-order valence-electron chi connectivity index (χ4n) is 2.87. The van der Waals surface area contributed by atoms with Crippen LogP contribution >= 0.6 is 22.6 Å². The van der Waals surface area contributed by atoms with Gasteiger partial charge in [0, 0.05) is 35.8 Å². The molecule has 0 saturated heterocycles. The molecule has 0 aliphatic carbocycles. The molecule has 1 aliphatic rings. The smallest absolute Gasteiger partial charge is 0.285 e. The number of hydrogen-bond acceptors (Lipinski definition) is 4. The summed E-state index contributed by atoms with van der Waals surface area (Å²) >= 11 is 2.23. The number of hydrazine groups is 1. The molecule has 0 fully saturated rings. The van der Waals surface area contributed by atoms with Crippen molar-refractivity contribution in [3.63, 3.8) is 0 Å². The first-order valence-corrected chi connectivity index (χ1v) is 8.35. The van der Waals surface area contributed by atoms with Crippen LogP contribution in [0.3, 0.4) is 0 Å². The minimum atomic E-state index is -0.0892. The van der Waals surface area contributed by atoms with Crippen LogP contribution in [0.1, 0.15) is 16.1 Å². The van der Waals surface area contributed by atoms with Gasteiger partial charge in [0.25, 0.3) is 5.91 Å². The highest BCUT2D eigenvalue weighted by molar-refractivity contribution is 14.1. The van der Waals surface area contributed by atoms with Crippen molar-refractivity contribution < 1.29 is 4.79 Å². The third-order valence-electron chi connectivity index (χ3n) is 4.06. The first-order chi connectivity index (χ1) is 11.1. The Bertz CT molecular complexity index is 906. The van der Waals surface area contributed by atoms with Crippen molar-refractivity contribution in [1.29, 1.82) is 0 Å². The summed E-state index contributed by atoms with van der Waals surface area (Å²) < 4.78 is 2.82. The SMILES string of the molecule is CN1c2ccncc2CCN1C(=O)c1cc2ccc(I)cn2n1. The lowest BCUT2D eigenvalue weighted by molar-refractivity contribution is 0.0732. The summed E-state index contributed by atoms with van der Waals surface area (Å²) in [7, 11) is 1.90. The number of pyridine rings is 2. The average molecular weight is 419 g/mol. The molecule has 116 valence electrons. The zero-order valence-electron chi connectivity index (χ0n) is 12.5. The van der Waals surface area contributed by atoms with Crippen LogP contribution in [0, 0.1) is 3.57 Å². The molecule has 0 spiro atoms. The Kier molecular flexibility index (Phi) is 3.44. The third-order valence-corrected chi connectivity index (χ3v) is 4.70. The molecular weight excluding hydrogens is 405 g/mol. The molecule has 0 aromatic carbocycles. The van der Waals surface area contributed by atoms with Crippen molar-refractivity contribution >= 4 is 39.7 Å². The van der Waals surface area contributed by atoms with E-state index in [0.717, 1.165) is 26.8 Å². The van der Waals surface area contributed by atoms with Gasteiger partial charge in [-0.05, 0) is 58.8 Å². The highest BCUT2D eigenvalue weighted by Gasteiger charge is 2.27. The topological polar surface area (TPSA) is 53.7 Å². The molecule has 7 heteroatoms. The van der Waals surface area contributed by atoms with Crippen molar-refractivity contribution in [1.82, 2.24) is 19.6 Å². The number of carbonyl (C=O) groups excluding carboxylic acids is 1. The summed E-state index contributed by atoms with van der Waals surface area (Å²) in [5.74, 6) is -0.0892. The number of nitrogens with zero attached hydrogens (tertiary/aromatic N) is 5. The van der Waals surface area contributed by atoms with Gasteiger partial charge >= 0.3 is 0 Å². The molecule has 0 radical (unpaired) electrons. The minimum absolute atomic E-state index is 0.0892. The van der Waals surface area contributed by atoms with Crippen molar-refractivity contribution in [2.75, 3.05) is 18.6 Å². The quantitative estimate of drug-likeness (QED) is 0.569. The summed E-state index contributed by atoms with van der Waals surface area (Å²) in [5.41, 5.74) is 3.54. The van der Waals surface area contributed by atoms with E-state index >= 15 is 0 Å². The molecule has 1 amide bonds. The highest BCUT2D eigenvalue weighted by Crippen LogP contribution is 2.26. The number of rotatable bonds is 1. The van der Waals surface area contributed by atoms with Crippen LogP contribution in [0.15, 0.2) is 42.9 Å². The van der Waals surface area contributed by atoms with Crippen LogP contribution in [-0.4, -0.2) is 39.1 Å². The Morgan fingerprint density at radius 3 is 3.04 bits per heavy atom. The van der Waals surface area contributed by atoms with Crippen LogP contribution in [-0.2, 0) is 6.42 Å². The number of anilines is 1. The Balaban J connectivity index is 1.68. The van der Waals surface area contributed by atoms with Gasteiger partial charge in [-0.25, -0.2) is 9.52 Å². The molecule has 0 N–H and O–H groups in total. The molecule has 0 bridgehead atoms. The molecule has 0 atom stereocenters. The fourth-order valence-corrected chi connectivity index (χ4v) is 3.31. The number of amides is 1. The van der Waals surface area contributed by atoms with E-state index in [4.69, 9.17) is 0 Å². The lowest BCUT2D eigenvalue weighted by atomic mass is 10.1. The van der Waals surface area contributed by atoms with Crippen LogP contribution in [0.4, 0.5) is 5.69 Å². The van der Waals surface area contributed by atoms with Crippen molar-refractivity contribution in [3.8, 4) is 0 Å². The second-order valence-electron chi connectivity index (χ2n) is 5.45. The summed E-state index contributed by atoms with van der Waals surface area (Å²) in [6, 6.07) is 7.73. The summed E-state index contributed by atoms with van der Waals surface area (Å²) in [5, 5.41) is 8.04. The maximum Gasteiger partial charge on any atom is 0.292 e. The van der Waals surface area contributed by atoms with E-state index in [9.17, 15) is 4.79 Å². The number of hydrogen-bond donors (Lipinski definition) is 0. The van der Waals surface area contributed by atoms with Gasteiger partial charge in [-0.3, -0.25) is 14.8 Å². The van der Waals surface area contributed by atoms with Gasteiger partial charge in [0.2, 0.25) is 0 Å². The van der Waals surface area contributed by atoms with E-state index in [1.54, 1.807) is 15.7 Å². The van der Waals surface area contributed by atoms with Crippen LogP contribution in [0.5, 0.6) is 0 Å². The zero-order valence-corrected chi connectivity index (χ0v) is 14.6. The molecule has 1 aliphatic heterocycles. The average Bonchev–Trinajstić information content (AvgIpc) is 2.98. The first-order valence-electron chi connectivity index (χ1n) is 7.27. The number of aromatic nitrogens is 3. The van der Waals surface area contributed by atoms with Crippen LogP contribution in [0.25, 0.3) is 5.52 Å². The molecule has 0 saturated carbocycles. The van der Waals surface area contributed by atoms with E-state index in [-0.39, 0.29) is 5.91 Å². The standard InChI is InChI=1S/C16H14IN5O/c1-20-15-4-6-18-9-11(15)5-7-22(20)16(23)14-8-13-3-2-12(17)10-21(13)19-14/h2-4,6,8-10H,5,7H2,1H3. The Morgan fingerprint density at radius 1 is 1.30 bits per heavy atom. The molecule has 4 heterocycles. The maximum absolute atomic E-state index is 12.9. The van der Waals surface area contributed by atoms with Crippen molar-refractivity contribution in [2.24, 2.45) is 0 Å². The first kappa shape index (κ1) is 14.4. The third kappa shape index (κ3) is 2.44. The lowest BCUT2D eigenvalue weighted by Crippen LogP contribution is -2.48. The van der Waals surface area contributed by atoms with E-state index in [2.05, 4.69) is 32.7 Å². The molecule has 0 unspecified atom stereocenters. The van der Waals surface area contributed by atoms with Crippen LogP contribution in [0.2, 0.25) is 0 Å². The fraction of sp³-hybridized carbons (Fsp3) is 0.188. The summed E-state index contributed by atoms with van der Waals surface area (Å²) in [6.07, 6.45) is 6.31. The normalized spacial score (nSPS) is 14.2. The molecule has 3 aromatic rings. The van der Waals surface area contributed by atoms with Gasteiger partial charge in [-0.2, -0.15) is 5.10 Å². The van der Waals surface area contributed by atoms with Gasteiger partial charge in [0.05, 0.1) is 11.2 Å². The lowest BCUT2D eigenvalue weighted by Gasteiger charge is -2.38. The van der Waals surface area contributed by atoms with Gasteiger partial charge in [-0.15, -0.1) is 0 Å². The zero-order chi connectivity index (χ0) is 16.0. The van der Waals surface area contributed by atoms with E-state index in [1.807, 2.05) is 48.7 Å². The Morgan fingerprint density at radius 2 is 2.17 bits per heavy atom. The Hall–Kier alpha value is -2.16. The second-order valence-corrected chi connectivity index (χ2v) is 6.70. The van der Waals surface area contributed by atoms with Crippen molar-refractivity contribution in [3.05, 3.63) is 57.7 Å². The molecule has 3 aromatic heterocycles. The van der Waals surface area contributed by atoms with Crippen LogP contribution < -0.4 is 5.01 Å². The monoisotopic (exact) mass is 419 g/mol. The minimum Gasteiger partial charge on any atom is -0.285 e. The molecule has 23 heavy (non-hydrogen) atoms. The molecule has 6 nitrogen and oxygen atoms in total. The predicted octanol–water partition coefficient (Wildman–Crippen LogP) is 2.38. The second kappa shape index (κ2) is 5.48. The number of fused-ring (bicyclic) bond motifs is 2. The predicted molar refractivity (Wildman–Crippen MR) is 95.3 cm³/mol. The number of carbonyl (C=O) groups is 1. The molecule has 4 rings (SSSR count). The summed E-state index contributed by atoms with van der Waals surface area (Å²) in [6.45, 7) is 0.624. The van der Waals surface area contributed by atoms with E-state index in [1.165, 1.54) is 0 Å².